The van der Waals surface area contributed by atoms with Crippen molar-refractivity contribution in [1.82, 2.24) is 0 Å². The van der Waals surface area contributed by atoms with E-state index < -0.39 is 0 Å². The number of carbonyl (C=O) groups is 1. The van der Waals surface area contributed by atoms with Crippen molar-refractivity contribution >= 4 is 14.1 Å². The van der Waals surface area contributed by atoms with Gasteiger partial charge in [-0.25, -0.2) is 0 Å². The molecule has 0 saturated carbocycles. The first-order valence-electron chi connectivity index (χ1n) is 6.51. The van der Waals surface area contributed by atoms with E-state index in [0.717, 1.165) is 38.3 Å². The van der Waals surface area contributed by atoms with Crippen LogP contribution in [0.15, 0.2) is 0 Å². The Labute approximate surface area is 102 Å². The number of unbranched alkanes of at least 4 members (excludes halogenated alkanes) is 8. The van der Waals surface area contributed by atoms with Gasteiger partial charge in [-0.05, 0) is 12.8 Å². The van der Waals surface area contributed by atoms with Gasteiger partial charge in [-0.15, -0.1) is 11.8 Å². The predicted octanol–water partition coefficient (Wildman–Crippen LogP) is 3.68. The Hall–Kier alpha value is -0.705. The fourth-order valence-electron chi connectivity index (χ4n) is 1.52. The summed E-state index contributed by atoms with van der Waals surface area (Å²) in [6.07, 6.45) is 12.8. The summed E-state index contributed by atoms with van der Waals surface area (Å²) in [6, 6.07) is 0. The molecule has 1 nitrogen and oxygen atoms in total. The first-order valence-corrected chi connectivity index (χ1v) is 6.51. The van der Waals surface area contributed by atoms with Crippen LogP contribution in [0.4, 0.5) is 0 Å². The summed E-state index contributed by atoms with van der Waals surface area (Å²) in [5, 5.41) is 0. The molecular formula is C14H23BO. The minimum atomic E-state index is 0.649. The van der Waals surface area contributed by atoms with Gasteiger partial charge < -0.3 is 4.79 Å². The Kier molecular flexibility index (Phi) is 13.7. The Balaban J connectivity index is 3.04. The molecule has 0 amide bonds. The van der Waals surface area contributed by atoms with Gasteiger partial charge in [0.2, 0.25) is 0 Å². The molecule has 0 atom stereocenters. The van der Waals surface area contributed by atoms with Gasteiger partial charge in [0.25, 0.3) is 0 Å². The van der Waals surface area contributed by atoms with Gasteiger partial charge in [-0.1, -0.05) is 38.4 Å². The van der Waals surface area contributed by atoms with Crippen LogP contribution in [0.5, 0.6) is 0 Å². The SMILES string of the molecule is [B]CCCCCCCCC#CCCCC=O. The molecule has 0 aliphatic rings. The van der Waals surface area contributed by atoms with Crippen LogP contribution in [0.3, 0.4) is 0 Å². The summed E-state index contributed by atoms with van der Waals surface area (Å²) in [6.45, 7) is 0. The Bertz CT molecular complexity index is 203. The predicted molar refractivity (Wildman–Crippen MR) is 70.6 cm³/mol. The number of hydrogen-bond donors (Lipinski definition) is 0. The van der Waals surface area contributed by atoms with Crippen LogP contribution in [-0.4, -0.2) is 14.1 Å². The van der Waals surface area contributed by atoms with Crippen LogP contribution in [0.1, 0.15) is 64.2 Å². The second kappa shape index (κ2) is 14.3. The molecule has 0 aromatic heterocycles. The van der Waals surface area contributed by atoms with Crippen molar-refractivity contribution in [1.29, 1.82) is 0 Å². The largest absolute Gasteiger partial charge is 0.303 e. The first-order chi connectivity index (χ1) is 7.91. The van der Waals surface area contributed by atoms with Gasteiger partial charge >= 0.3 is 0 Å². The molecule has 0 aliphatic heterocycles. The minimum absolute atomic E-state index is 0.649. The highest BCUT2D eigenvalue weighted by molar-refractivity contribution is 6.08. The molecule has 0 aliphatic carbocycles. The monoisotopic (exact) mass is 218 g/mol. The molecule has 0 heterocycles. The van der Waals surface area contributed by atoms with Gasteiger partial charge in [-0.2, -0.15) is 0 Å². The van der Waals surface area contributed by atoms with Crippen molar-refractivity contribution in [3.8, 4) is 11.8 Å². The van der Waals surface area contributed by atoms with Gasteiger partial charge in [0.05, 0.1) is 7.85 Å². The number of rotatable bonds is 10. The van der Waals surface area contributed by atoms with Crippen molar-refractivity contribution in [2.45, 2.75) is 70.5 Å². The first kappa shape index (κ1) is 15.3. The number of hydrogen-bond acceptors (Lipinski definition) is 1. The molecular weight excluding hydrogens is 195 g/mol. The molecule has 2 heteroatoms. The highest BCUT2D eigenvalue weighted by Gasteiger charge is 1.89. The molecule has 0 fully saturated rings. The van der Waals surface area contributed by atoms with Crippen LogP contribution in [0, 0.1) is 11.8 Å². The van der Waals surface area contributed by atoms with Crippen molar-refractivity contribution in [3.63, 3.8) is 0 Å². The second-order valence-electron chi connectivity index (χ2n) is 4.07. The zero-order valence-corrected chi connectivity index (χ0v) is 10.3. The molecule has 0 rings (SSSR count). The molecule has 88 valence electrons. The van der Waals surface area contributed by atoms with Crippen LogP contribution < -0.4 is 0 Å². The molecule has 0 N–H and O–H groups in total. The van der Waals surface area contributed by atoms with Crippen molar-refractivity contribution in [3.05, 3.63) is 0 Å². The normalized spacial score (nSPS) is 9.50. The molecule has 0 bridgehead atoms. The zero-order valence-electron chi connectivity index (χ0n) is 10.3. The number of aldehydes is 1. The van der Waals surface area contributed by atoms with Crippen molar-refractivity contribution in [2.24, 2.45) is 0 Å². The van der Waals surface area contributed by atoms with E-state index in [2.05, 4.69) is 11.8 Å². The Morgan fingerprint density at radius 3 is 2.00 bits per heavy atom. The van der Waals surface area contributed by atoms with E-state index in [1.807, 2.05) is 0 Å². The molecule has 16 heavy (non-hydrogen) atoms. The molecule has 0 aromatic rings. The summed E-state index contributed by atoms with van der Waals surface area (Å²) < 4.78 is 0. The van der Waals surface area contributed by atoms with Gasteiger partial charge in [0, 0.05) is 19.3 Å². The quantitative estimate of drug-likeness (QED) is 0.236. The lowest BCUT2D eigenvalue weighted by molar-refractivity contribution is -0.107. The lowest BCUT2D eigenvalue weighted by atomic mass is 9.98. The molecule has 0 saturated heterocycles. The van der Waals surface area contributed by atoms with Crippen LogP contribution in [-0.2, 0) is 4.79 Å². The molecule has 0 aromatic carbocycles. The summed E-state index contributed by atoms with van der Waals surface area (Å²) in [5.74, 6) is 6.27. The highest BCUT2D eigenvalue weighted by atomic mass is 16.1. The van der Waals surface area contributed by atoms with Crippen LogP contribution in [0.25, 0.3) is 0 Å². The molecule has 0 spiro atoms. The maximum Gasteiger partial charge on any atom is 0.120 e. The number of carbonyl (C=O) groups excluding carboxylic acids is 1. The third-order valence-electron chi connectivity index (χ3n) is 2.50. The summed E-state index contributed by atoms with van der Waals surface area (Å²) in [7, 11) is 5.42. The fraction of sp³-hybridized carbons (Fsp3) is 0.786. The summed E-state index contributed by atoms with van der Waals surface area (Å²) in [5.41, 5.74) is 0. The van der Waals surface area contributed by atoms with Gasteiger partial charge in [-0.3, -0.25) is 0 Å². The van der Waals surface area contributed by atoms with E-state index in [4.69, 9.17) is 7.85 Å². The molecule has 2 radical (unpaired) electrons. The van der Waals surface area contributed by atoms with Crippen LogP contribution in [0.2, 0.25) is 6.32 Å². The third kappa shape index (κ3) is 13.3. The van der Waals surface area contributed by atoms with Gasteiger partial charge in [0.15, 0.2) is 0 Å². The van der Waals surface area contributed by atoms with Crippen molar-refractivity contribution in [2.75, 3.05) is 0 Å². The van der Waals surface area contributed by atoms with E-state index in [0.29, 0.717) is 6.42 Å². The fourth-order valence-corrected chi connectivity index (χ4v) is 1.52. The third-order valence-corrected chi connectivity index (χ3v) is 2.50. The van der Waals surface area contributed by atoms with E-state index in [1.54, 1.807) is 0 Å². The topological polar surface area (TPSA) is 17.1 Å². The maximum atomic E-state index is 10.0. The van der Waals surface area contributed by atoms with E-state index in [1.165, 1.54) is 32.1 Å². The second-order valence-corrected chi connectivity index (χ2v) is 4.07. The van der Waals surface area contributed by atoms with E-state index >= 15 is 0 Å². The average Bonchev–Trinajstić information content (AvgIpc) is 2.31. The Morgan fingerprint density at radius 1 is 0.812 bits per heavy atom. The highest BCUT2D eigenvalue weighted by Crippen LogP contribution is 2.07. The average molecular weight is 218 g/mol. The maximum absolute atomic E-state index is 10.0. The standard InChI is InChI=1S/C14H23BO/c15-13-11-9-7-5-3-1-2-4-6-8-10-12-14-16/h14H,1-3,5,7-13H2. The Morgan fingerprint density at radius 2 is 1.38 bits per heavy atom. The summed E-state index contributed by atoms with van der Waals surface area (Å²) in [4.78, 5) is 10.0. The van der Waals surface area contributed by atoms with Gasteiger partial charge in [0.1, 0.15) is 6.29 Å². The lowest BCUT2D eigenvalue weighted by Crippen LogP contribution is -1.79. The van der Waals surface area contributed by atoms with Crippen molar-refractivity contribution < 1.29 is 4.79 Å². The zero-order chi connectivity index (χ0) is 11.9. The van der Waals surface area contributed by atoms with Crippen LogP contribution >= 0.6 is 0 Å². The molecule has 0 unspecified atom stereocenters. The summed E-state index contributed by atoms with van der Waals surface area (Å²) >= 11 is 0. The minimum Gasteiger partial charge on any atom is -0.303 e. The smallest absolute Gasteiger partial charge is 0.120 e. The van der Waals surface area contributed by atoms with E-state index in [-0.39, 0.29) is 0 Å². The van der Waals surface area contributed by atoms with E-state index in [9.17, 15) is 4.79 Å². The lowest BCUT2D eigenvalue weighted by Gasteiger charge is -1.97.